The molecule has 0 saturated carbocycles. The zero-order valence-corrected chi connectivity index (χ0v) is 11.4. The Morgan fingerprint density at radius 1 is 1.47 bits per heavy atom. The standard InChI is InChI=1S/C15H19FO3/c1-9(2)13(14(17)19-3)15(18)7-6-10-8-11(16)4-5-12(10)15/h4-5,8-9,13,18H,6-7H2,1-3H3. The van der Waals surface area contributed by atoms with Crippen molar-refractivity contribution in [2.24, 2.45) is 11.8 Å². The first-order valence-corrected chi connectivity index (χ1v) is 6.49. The molecule has 0 aliphatic heterocycles. The number of carbonyl (C=O) groups is 1. The van der Waals surface area contributed by atoms with Gasteiger partial charge in [-0.2, -0.15) is 0 Å². The lowest BCUT2D eigenvalue weighted by atomic mass is 9.76. The predicted molar refractivity (Wildman–Crippen MR) is 69.0 cm³/mol. The molecule has 1 aliphatic carbocycles. The molecular formula is C15H19FO3. The SMILES string of the molecule is COC(=O)C(C(C)C)C1(O)CCc2cc(F)ccc21. The minimum atomic E-state index is -1.26. The minimum absolute atomic E-state index is 0.0616. The molecule has 2 rings (SSSR count). The lowest BCUT2D eigenvalue weighted by Gasteiger charge is -2.34. The summed E-state index contributed by atoms with van der Waals surface area (Å²) in [6.45, 7) is 3.75. The largest absolute Gasteiger partial charge is 0.469 e. The summed E-state index contributed by atoms with van der Waals surface area (Å²) in [6.07, 6.45) is 0.994. The molecule has 0 radical (unpaired) electrons. The number of fused-ring (bicyclic) bond motifs is 1. The number of hydrogen-bond acceptors (Lipinski definition) is 3. The molecule has 104 valence electrons. The van der Waals surface area contributed by atoms with Gasteiger partial charge in [0.1, 0.15) is 11.4 Å². The zero-order chi connectivity index (χ0) is 14.2. The number of halogens is 1. The van der Waals surface area contributed by atoms with Crippen LogP contribution in [0.15, 0.2) is 18.2 Å². The van der Waals surface area contributed by atoms with Crippen LogP contribution < -0.4 is 0 Å². The number of rotatable bonds is 3. The molecule has 2 unspecified atom stereocenters. The van der Waals surface area contributed by atoms with E-state index in [1.54, 1.807) is 6.07 Å². The van der Waals surface area contributed by atoms with Crippen LogP contribution >= 0.6 is 0 Å². The second-order valence-corrected chi connectivity index (χ2v) is 5.47. The van der Waals surface area contributed by atoms with Gasteiger partial charge in [0, 0.05) is 0 Å². The van der Waals surface area contributed by atoms with Crippen molar-refractivity contribution in [2.75, 3.05) is 7.11 Å². The highest BCUT2D eigenvalue weighted by Crippen LogP contribution is 2.45. The van der Waals surface area contributed by atoms with E-state index in [1.165, 1.54) is 19.2 Å². The van der Waals surface area contributed by atoms with Crippen molar-refractivity contribution in [1.29, 1.82) is 0 Å². The van der Waals surface area contributed by atoms with E-state index in [2.05, 4.69) is 0 Å². The van der Waals surface area contributed by atoms with Gasteiger partial charge in [0.2, 0.25) is 0 Å². The van der Waals surface area contributed by atoms with Crippen LogP contribution in [0.2, 0.25) is 0 Å². The van der Waals surface area contributed by atoms with Gasteiger partial charge in [-0.15, -0.1) is 0 Å². The maximum Gasteiger partial charge on any atom is 0.312 e. The van der Waals surface area contributed by atoms with Crippen LogP contribution in [0.5, 0.6) is 0 Å². The Morgan fingerprint density at radius 2 is 2.16 bits per heavy atom. The Labute approximate surface area is 112 Å². The van der Waals surface area contributed by atoms with E-state index in [-0.39, 0.29) is 11.7 Å². The van der Waals surface area contributed by atoms with Gasteiger partial charge in [-0.25, -0.2) is 4.39 Å². The number of benzene rings is 1. The summed E-state index contributed by atoms with van der Waals surface area (Å²) in [5.41, 5.74) is 0.166. The van der Waals surface area contributed by atoms with E-state index in [4.69, 9.17) is 4.74 Å². The third-order valence-corrected chi connectivity index (χ3v) is 3.95. The van der Waals surface area contributed by atoms with Crippen molar-refractivity contribution in [3.63, 3.8) is 0 Å². The molecule has 2 atom stereocenters. The van der Waals surface area contributed by atoms with E-state index in [9.17, 15) is 14.3 Å². The van der Waals surface area contributed by atoms with Crippen molar-refractivity contribution in [3.05, 3.63) is 35.1 Å². The molecule has 1 aromatic carbocycles. The van der Waals surface area contributed by atoms with E-state index >= 15 is 0 Å². The van der Waals surface area contributed by atoms with Crippen LogP contribution in [0.3, 0.4) is 0 Å². The molecule has 0 saturated heterocycles. The number of hydrogen-bond donors (Lipinski definition) is 1. The molecule has 0 heterocycles. The fourth-order valence-electron chi connectivity index (χ4n) is 3.12. The molecule has 3 nitrogen and oxygen atoms in total. The van der Waals surface area contributed by atoms with Crippen LogP contribution in [0, 0.1) is 17.7 Å². The molecule has 1 aliphatic rings. The van der Waals surface area contributed by atoms with Crippen LogP contribution in [0.1, 0.15) is 31.4 Å². The van der Waals surface area contributed by atoms with Crippen LogP contribution in [0.25, 0.3) is 0 Å². The molecule has 0 fully saturated rings. The first-order chi connectivity index (χ1) is 8.90. The summed E-state index contributed by atoms with van der Waals surface area (Å²) >= 11 is 0. The average molecular weight is 266 g/mol. The molecule has 19 heavy (non-hydrogen) atoms. The van der Waals surface area contributed by atoms with E-state index in [1.807, 2.05) is 13.8 Å². The third-order valence-electron chi connectivity index (χ3n) is 3.95. The van der Waals surface area contributed by atoms with Gasteiger partial charge in [0.15, 0.2) is 0 Å². The fourth-order valence-corrected chi connectivity index (χ4v) is 3.12. The lowest BCUT2D eigenvalue weighted by molar-refractivity contribution is -0.160. The molecular weight excluding hydrogens is 247 g/mol. The smallest absolute Gasteiger partial charge is 0.312 e. The summed E-state index contributed by atoms with van der Waals surface area (Å²) in [4.78, 5) is 12.0. The third kappa shape index (κ3) is 2.25. The zero-order valence-electron chi connectivity index (χ0n) is 11.4. The normalized spacial score (nSPS) is 23.3. The molecule has 0 spiro atoms. The Balaban J connectivity index is 2.47. The highest BCUT2D eigenvalue weighted by Gasteiger charge is 2.49. The van der Waals surface area contributed by atoms with Crippen LogP contribution in [0.4, 0.5) is 4.39 Å². The fraction of sp³-hybridized carbons (Fsp3) is 0.533. The van der Waals surface area contributed by atoms with E-state index in [0.717, 1.165) is 5.56 Å². The minimum Gasteiger partial charge on any atom is -0.469 e. The van der Waals surface area contributed by atoms with Crippen molar-refractivity contribution < 1.29 is 19.0 Å². The Morgan fingerprint density at radius 3 is 2.74 bits per heavy atom. The average Bonchev–Trinajstić information content (AvgIpc) is 2.66. The lowest BCUT2D eigenvalue weighted by Crippen LogP contribution is -2.42. The molecule has 4 heteroatoms. The van der Waals surface area contributed by atoms with Gasteiger partial charge in [0.25, 0.3) is 0 Å². The summed E-state index contributed by atoms with van der Waals surface area (Å²) < 4.78 is 18.0. The van der Waals surface area contributed by atoms with Crippen LogP contribution in [-0.4, -0.2) is 18.2 Å². The maximum absolute atomic E-state index is 13.2. The van der Waals surface area contributed by atoms with Gasteiger partial charge in [-0.3, -0.25) is 4.79 Å². The molecule has 1 N–H and O–H groups in total. The van der Waals surface area contributed by atoms with E-state index < -0.39 is 17.5 Å². The monoisotopic (exact) mass is 266 g/mol. The van der Waals surface area contributed by atoms with Gasteiger partial charge in [-0.05, 0) is 42.0 Å². The summed E-state index contributed by atoms with van der Waals surface area (Å²) in [6, 6.07) is 4.34. The van der Waals surface area contributed by atoms with Crippen molar-refractivity contribution >= 4 is 5.97 Å². The Kier molecular flexibility index (Phi) is 3.63. The van der Waals surface area contributed by atoms with E-state index in [0.29, 0.717) is 18.4 Å². The Hall–Kier alpha value is -1.42. The number of esters is 1. The number of ether oxygens (including phenoxy) is 1. The summed E-state index contributed by atoms with van der Waals surface area (Å²) in [7, 11) is 1.32. The van der Waals surface area contributed by atoms with Crippen molar-refractivity contribution in [3.8, 4) is 0 Å². The molecule has 1 aromatic rings. The molecule has 0 amide bonds. The second kappa shape index (κ2) is 4.93. The topological polar surface area (TPSA) is 46.5 Å². The Bertz CT molecular complexity index is 498. The van der Waals surface area contributed by atoms with Gasteiger partial charge in [-0.1, -0.05) is 19.9 Å². The number of methoxy groups -OCH3 is 1. The van der Waals surface area contributed by atoms with Crippen molar-refractivity contribution in [1.82, 2.24) is 0 Å². The number of aliphatic hydroxyl groups is 1. The van der Waals surface area contributed by atoms with Gasteiger partial charge >= 0.3 is 5.97 Å². The quantitative estimate of drug-likeness (QED) is 0.855. The summed E-state index contributed by atoms with van der Waals surface area (Å²) in [5.74, 6) is -1.44. The maximum atomic E-state index is 13.2. The van der Waals surface area contributed by atoms with Crippen LogP contribution in [-0.2, 0) is 21.6 Å². The first kappa shape index (κ1) is 14.0. The van der Waals surface area contributed by atoms with Crippen molar-refractivity contribution in [2.45, 2.75) is 32.3 Å². The number of aryl methyl sites for hydroxylation is 1. The molecule has 0 bridgehead atoms. The van der Waals surface area contributed by atoms with Gasteiger partial charge in [0.05, 0.1) is 13.0 Å². The molecule has 0 aromatic heterocycles. The highest BCUT2D eigenvalue weighted by molar-refractivity contribution is 5.75. The second-order valence-electron chi connectivity index (χ2n) is 5.47. The summed E-state index contributed by atoms with van der Waals surface area (Å²) in [5, 5.41) is 10.9. The first-order valence-electron chi connectivity index (χ1n) is 6.49. The van der Waals surface area contributed by atoms with Gasteiger partial charge < -0.3 is 9.84 Å². The highest BCUT2D eigenvalue weighted by atomic mass is 19.1. The number of carbonyl (C=O) groups excluding carboxylic acids is 1. The predicted octanol–water partition coefficient (Wildman–Crippen LogP) is 2.40.